The van der Waals surface area contributed by atoms with Crippen molar-refractivity contribution in [3.05, 3.63) is 128 Å². The van der Waals surface area contributed by atoms with E-state index in [9.17, 15) is 27.6 Å². The van der Waals surface area contributed by atoms with E-state index in [1.807, 2.05) is 12.2 Å². The zero-order valence-electron chi connectivity index (χ0n) is 39.4. The number of aldehydes is 1. The number of hydrogen-bond donors (Lipinski definition) is 2. The van der Waals surface area contributed by atoms with Gasteiger partial charge in [0.2, 0.25) is 0 Å². The molecule has 6 rings (SSSR count). The summed E-state index contributed by atoms with van der Waals surface area (Å²) < 4.78 is 133. The molecule has 0 aliphatic carbocycles. The molecule has 15 heteroatoms. The first-order valence-electron chi connectivity index (χ1n) is 21.7. The van der Waals surface area contributed by atoms with Crippen LogP contribution in [0.3, 0.4) is 0 Å². The average molecular weight is 814 g/mol. The molecule has 2 saturated heterocycles. The lowest BCUT2D eigenvalue weighted by atomic mass is 9.92. The van der Waals surface area contributed by atoms with Crippen molar-refractivity contribution < 1.29 is 45.7 Å². The topological polar surface area (TPSA) is 122 Å². The number of alkyl halides is 2. The zero-order valence-corrected chi connectivity index (χ0v) is 31.0. The van der Waals surface area contributed by atoms with Crippen molar-refractivity contribution in [3.63, 3.8) is 0 Å². The van der Waals surface area contributed by atoms with Gasteiger partial charge in [-0.3, -0.25) is 24.4 Å². The summed E-state index contributed by atoms with van der Waals surface area (Å²) in [6.07, 6.45) is 0.592. The van der Waals surface area contributed by atoms with Crippen LogP contribution in [-0.2, 0) is 6.50 Å². The molecule has 2 fully saturated rings. The van der Waals surface area contributed by atoms with Crippen LogP contribution in [-0.4, -0.2) is 88.4 Å². The third-order valence-corrected chi connectivity index (χ3v) is 9.11. The molecule has 0 unspecified atom stereocenters. The summed E-state index contributed by atoms with van der Waals surface area (Å²) in [5.74, 6) is -2.20. The molecular formula is C40H44Cl2F4N6O3. The van der Waals surface area contributed by atoms with Crippen LogP contribution in [0.15, 0.2) is 73.1 Å². The Hall–Kier alpha value is -4.43. The molecule has 0 spiro atoms. The second kappa shape index (κ2) is 19.9. The maximum atomic E-state index is 15.7. The number of nitrogens with one attached hydrogen (secondary N) is 1. The standard InChI is InChI=1S/C20H22ClF2N3O.C13H15ClF2N2O.C7H7NO/c1-14-2-4-16(25-11-14)12-24-13-20(23)6-8-26(9-7-20)19(27)15-3-5-18(22)17(21)10-15;14-10-7-9(1-2-11(10)15)12(19)18-5-3-13(16,8-17)4-6-18;1-6-2-3-7(5-9)8-4-6/h2-5,10-11,24H,6-9,12-13H2,1H3;1-2,7H,3-6,8,17H2;2-5H,1H3/i1D3,12D2,13D2;8D2;5D. The molecule has 55 heavy (non-hydrogen) atoms. The molecule has 0 atom stereocenters. The highest BCUT2D eigenvalue weighted by atomic mass is 35.5. The first-order valence-corrected chi connectivity index (χ1v) is 17.5. The Kier molecular flexibility index (Phi) is 11.2. The molecule has 2 aromatic carbocycles. The SMILES string of the molecule is [2H]C(=O)c1ccc(C)cn1.[2H]C([2H])(N)C1(F)CCN(C(=O)c2ccc(F)c(Cl)c2)CC1.[2H]C([2H])([2H])c1ccc(C([2H])([2H])NC([2H])([2H])C2(F)CCN(C(=O)c3ccc(F)c(Cl)c3)CC2)nc1. The molecule has 2 amide bonds. The minimum atomic E-state index is -2.85. The highest BCUT2D eigenvalue weighted by Crippen LogP contribution is 2.29. The molecule has 2 aromatic heterocycles. The number of aryl methyl sites for hydroxylation is 2. The number of hydrogen-bond acceptors (Lipinski definition) is 7. The van der Waals surface area contributed by atoms with Gasteiger partial charge in [-0.2, -0.15) is 0 Å². The second-order valence-corrected chi connectivity index (χ2v) is 13.4. The van der Waals surface area contributed by atoms with Gasteiger partial charge >= 0.3 is 0 Å². The Balaban J connectivity index is 0.000000251. The molecule has 0 saturated carbocycles. The molecule has 294 valence electrons. The third-order valence-electron chi connectivity index (χ3n) is 8.53. The molecule has 0 bridgehead atoms. The molecule has 9 nitrogen and oxygen atoms in total. The first kappa shape index (κ1) is 30.7. The first-order chi connectivity index (χ1) is 29.9. The van der Waals surface area contributed by atoms with E-state index in [1.54, 1.807) is 18.3 Å². The fraction of sp³-hybridized carbons (Fsp3) is 0.375. The van der Waals surface area contributed by atoms with E-state index in [-0.39, 0.29) is 77.1 Å². The summed E-state index contributed by atoms with van der Waals surface area (Å²) in [6, 6.07) is 12.6. The Labute approximate surface area is 342 Å². The van der Waals surface area contributed by atoms with Crippen molar-refractivity contribution in [1.82, 2.24) is 25.1 Å². The number of halogens is 6. The Bertz CT molecular complexity index is 2330. The summed E-state index contributed by atoms with van der Waals surface area (Å²) >= 11 is 11.3. The number of nitrogens with zero attached hydrogens (tertiary/aromatic N) is 4. The molecule has 4 heterocycles. The predicted molar refractivity (Wildman–Crippen MR) is 205 cm³/mol. The van der Waals surface area contributed by atoms with E-state index in [2.05, 4.69) is 9.97 Å². The largest absolute Gasteiger partial charge is 0.338 e. The normalized spacial score (nSPS) is 19.6. The number of pyridine rings is 2. The number of rotatable bonds is 8. The maximum absolute atomic E-state index is 15.7. The van der Waals surface area contributed by atoms with Gasteiger partial charge in [0.05, 0.1) is 15.7 Å². The van der Waals surface area contributed by atoms with E-state index >= 15 is 4.39 Å². The number of carbonyl (C=O) groups excluding carboxylic acids is 3. The van der Waals surface area contributed by atoms with Crippen LogP contribution in [0.2, 0.25) is 10.0 Å². The average Bonchev–Trinajstić information content (AvgIpc) is 3.22. The minimum absolute atomic E-state index is 0.0427. The number of piperidine rings is 2. The van der Waals surface area contributed by atoms with Crippen molar-refractivity contribution in [2.75, 3.05) is 39.2 Å². The molecule has 2 aliphatic heterocycles. The monoisotopic (exact) mass is 812 g/mol. The van der Waals surface area contributed by atoms with Crippen LogP contribution < -0.4 is 11.1 Å². The second-order valence-electron chi connectivity index (χ2n) is 12.5. The van der Waals surface area contributed by atoms with Gasteiger partial charge in [0.25, 0.3) is 11.8 Å². The predicted octanol–water partition coefficient (Wildman–Crippen LogP) is 7.50. The lowest BCUT2D eigenvalue weighted by Crippen LogP contribution is -2.48. The molecule has 4 aromatic rings. The van der Waals surface area contributed by atoms with E-state index in [0.717, 1.165) is 42.1 Å². The summed E-state index contributed by atoms with van der Waals surface area (Å²) in [6.45, 7) is -8.69. The van der Waals surface area contributed by atoms with Gasteiger partial charge in [0.15, 0.2) is 6.26 Å². The third kappa shape index (κ3) is 12.8. The number of amides is 2. The van der Waals surface area contributed by atoms with Crippen molar-refractivity contribution in [2.45, 2.75) is 57.3 Å². The van der Waals surface area contributed by atoms with Gasteiger partial charge in [-0.05, 0) is 73.4 Å². The fourth-order valence-electron chi connectivity index (χ4n) is 5.22. The summed E-state index contributed by atoms with van der Waals surface area (Å²) in [7, 11) is 0. The van der Waals surface area contributed by atoms with E-state index in [4.69, 9.17) is 42.6 Å². The lowest BCUT2D eigenvalue weighted by molar-refractivity contribution is 0.0432. The highest BCUT2D eigenvalue weighted by Gasteiger charge is 2.36. The van der Waals surface area contributed by atoms with Crippen molar-refractivity contribution >= 4 is 41.3 Å². The summed E-state index contributed by atoms with van der Waals surface area (Å²) in [4.78, 5) is 45.4. The Morgan fingerprint density at radius 1 is 0.855 bits per heavy atom. The quantitative estimate of drug-likeness (QED) is 0.140. The van der Waals surface area contributed by atoms with Crippen molar-refractivity contribution in [1.29, 1.82) is 0 Å². The number of aromatic nitrogens is 2. The van der Waals surface area contributed by atoms with E-state index in [0.29, 0.717) is 0 Å². The van der Waals surface area contributed by atoms with Gasteiger partial charge in [0, 0.05) is 107 Å². The van der Waals surface area contributed by atoms with Crippen molar-refractivity contribution in [2.24, 2.45) is 5.73 Å². The Morgan fingerprint density at radius 2 is 1.36 bits per heavy atom. The van der Waals surface area contributed by atoms with Crippen LogP contribution >= 0.6 is 23.2 Å². The lowest BCUT2D eigenvalue weighted by Gasteiger charge is -2.36. The Morgan fingerprint density at radius 3 is 1.78 bits per heavy atom. The summed E-state index contributed by atoms with van der Waals surface area (Å²) in [5.41, 5.74) is 1.63. The molecule has 0 radical (unpaired) electrons. The van der Waals surface area contributed by atoms with Crippen molar-refractivity contribution in [3.8, 4) is 0 Å². The molecule has 2 aliphatic rings. The zero-order chi connectivity index (χ0) is 48.9. The maximum Gasteiger partial charge on any atom is 0.253 e. The van der Waals surface area contributed by atoms with Crippen LogP contribution in [0, 0.1) is 25.4 Å². The minimum Gasteiger partial charge on any atom is -0.338 e. The van der Waals surface area contributed by atoms with Crippen LogP contribution in [0.5, 0.6) is 0 Å². The van der Waals surface area contributed by atoms with E-state index in [1.165, 1.54) is 28.0 Å². The van der Waals surface area contributed by atoms with Crippen LogP contribution in [0.4, 0.5) is 17.6 Å². The van der Waals surface area contributed by atoms with Gasteiger partial charge in [-0.1, -0.05) is 35.3 Å². The van der Waals surface area contributed by atoms with Gasteiger partial charge in [0.1, 0.15) is 30.0 Å². The van der Waals surface area contributed by atoms with Gasteiger partial charge in [-0.15, -0.1) is 0 Å². The van der Waals surface area contributed by atoms with Crippen LogP contribution in [0.1, 0.15) is 87.4 Å². The van der Waals surface area contributed by atoms with Gasteiger partial charge < -0.3 is 20.9 Å². The van der Waals surface area contributed by atoms with E-state index < -0.39 is 80.2 Å². The molecular weight excluding hydrogens is 759 g/mol. The number of benzene rings is 2. The molecule has 3 N–H and O–H groups in total. The number of likely N-dealkylation sites (tertiary alicyclic amines) is 2. The highest BCUT2D eigenvalue weighted by molar-refractivity contribution is 6.31. The smallest absolute Gasteiger partial charge is 0.253 e. The summed E-state index contributed by atoms with van der Waals surface area (Å²) in [5, 5.41) is 1.65. The van der Waals surface area contributed by atoms with Crippen LogP contribution in [0.25, 0.3) is 0 Å². The fourth-order valence-corrected chi connectivity index (χ4v) is 5.59. The number of carbonyl (C=O) groups is 3. The number of nitrogens with two attached hydrogens (primary N) is 1. The van der Waals surface area contributed by atoms with Gasteiger partial charge in [-0.25, -0.2) is 17.6 Å².